The second kappa shape index (κ2) is 4.40. The molecule has 0 amide bonds. The largest absolute Gasteiger partial charge is 0.393 e. The van der Waals surface area contributed by atoms with E-state index in [0.717, 1.165) is 38.9 Å². The summed E-state index contributed by atoms with van der Waals surface area (Å²) in [7, 11) is 0. The third-order valence-electron chi connectivity index (χ3n) is 2.61. The second-order valence-electron chi connectivity index (χ2n) is 4.32. The van der Waals surface area contributed by atoms with Crippen LogP contribution in [0, 0.1) is 0 Å². The minimum Gasteiger partial charge on any atom is -0.393 e. The molecule has 0 aliphatic carbocycles. The number of nitrogens with zero attached hydrogens (tertiary/aromatic N) is 1. The van der Waals surface area contributed by atoms with Crippen LogP contribution >= 0.6 is 0 Å². The van der Waals surface area contributed by atoms with Gasteiger partial charge in [0, 0.05) is 19.6 Å². The van der Waals surface area contributed by atoms with Crippen molar-refractivity contribution in [3.05, 3.63) is 0 Å². The van der Waals surface area contributed by atoms with Crippen LogP contribution in [0.2, 0.25) is 0 Å². The van der Waals surface area contributed by atoms with Crippen molar-refractivity contribution in [2.45, 2.75) is 44.8 Å². The minimum absolute atomic E-state index is 0.222. The molecule has 0 aromatic carbocycles. The summed E-state index contributed by atoms with van der Waals surface area (Å²) in [5, 5.41) is 18.9. The smallest absolute Gasteiger partial charge is 0.0900 e. The summed E-state index contributed by atoms with van der Waals surface area (Å²) >= 11 is 0. The number of hydrogen-bond acceptors (Lipinski definition) is 3. The van der Waals surface area contributed by atoms with Crippen LogP contribution in [0.15, 0.2) is 0 Å². The Morgan fingerprint density at radius 1 is 1.46 bits per heavy atom. The molecule has 78 valence electrons. The van der Waals surface area contributed by atoms with Gasteiger partial charge in [0.1, 0.15) is 0 Å². The van der Waals surface area contributed by atoms with E-state index in [0.29, 0.717) is 0 Å². The lowest BCUT2D eigenvalue weighted by molar-refractivity contribution is -0.105. The normalized spacial score (nSPS) is 24.0. The van der Waals surface area contributed by atoms with Gasteiger partial charge in [-0.05, 0) is 19.8 Å². The Morgan fingerprint density at radius 2 is 2.08 bits per heavy atom. The van der Waals surface area contributed by atoms with Crippen molar-refractivity contribution in [2.24, 2.45) is 0 Å². The fourth-order valence-electron chi connectivity index (χ4n) is 1.94. The molecule has 0 aromatic rings. The van der Waals surface area contributed by atoms with Gasteiger partial charge in [-0.1, -0.05) is 13.3 Å². The zero-order valence-corrected chi connectivity index (χ0v) is 8.66. The van der Waals surface area contributed by atoms with Crippen molar-refractivity contribution in [1.82, 2.24) is 4.90 Å². The molecule has 0 aromatic heterocycles. The van der Waals surface area contributed by atoms with Crippen molar-refractivity contribution in [3.8, 4) is 0 Å². The van der Waals surface area contributed by atoms with E-state index in [2.05, 4.69) is 11.8 Å². The molecular formula is C10H21NO2. The quantitative estimate of drug-likeness (QED) is 0.662. The molecule has 1 atom stereocenters. The first-order valence-electron chi connectivity index (χ1n) is 5.18. The highest BCUT2D eigenvalue weighted by atomic mass is 16.3. The molecule has 1 aliphatic rings. The van der Waals surface area contributed by atoms with Gasteiger partial charge in [-0.25, -0.2) is 0 Å². The Balaban J connectivity index is 2.10. The first-order valence-corrected chi connectivity index (χ1v) is 5.18. The molecule has 1 fully saturated rings. The molecule has 3 nitrogen and oxygen atoms in total. The van der Waals surface area contributed by atoms with Crippen molar-refractivity contribution in [3.63, 3.8) is 0 Å². The highest BCUT2D eigenvalue weighted by Crippen LogP contribution is 2.25. The second-order valence-corrected chi connectivity index (χ2v) is 4.32. The molecule has 2 N–H and O–H groups in total. The maximum Gasteiger partial charge on any atom is 0.0900 e. The minimum atomic E-state index is -0.423. The van der Waals surface area contributed by atoms with Crippen LogP contribution in [0.25, 0.3) is 0 Å². The molecule has 0 saturated carbocycles. The number of aliphatic hydroxyl groups is 2. The van der Waals surface area contributed by atoms with Crippen LogP contribution in [-0.2, 0) is 0 Å². The van der Waals surface area contributed by atoms with Crippen molar-refractivity contribution >= 4 is 0 Å². The van der Waals surface area contributed by atoms with Gasteiger partial charge in [0.2, 0.25) is 0 Å². The van der Waals surface area contributed by atoms with E-state index in [9.17, 15) is 5.11 Å². The van der Waals surface area contributed by atoms with E-state index in [1.807, 2.05) is 0 Å². The predicted octanol–water partition coefficient (Wildman–Crippen LogP) is 0.604. The molecule has 3 heteroatoms. The van der Waals surface area contributed by atoms with Gasteiger partial charge in [0.05, 0.1) is 11.7 Å². The van der Waals surface area contributed by atoms with Crippen molar-refractivity contribution < 1.29 is 10.2 Å². The number of rotatable bonds is 5. The zero-order chi connectivity index (χ0) is 9.90. The van der Waals surface area contributed by atoms with Gasteiger partial charge >= 0.3 is 0 Å². The van der Waals surface area contributed by atoms with Gasteiger partial charge in [-0.2, -0.15) is 0 Å². The molecule has 1 heterocycles. The lowest BCUT2D eigenvalue weighted by Crippen LogP contribution is -2.61. The summed E-state index contributed by atoms with van der Waals surface area (Å²) in [5.41, 5.74) is -0.423. The summed E-state index contributed by atoms with van der Waals surface area (Å²) < 4.78 is 0. The Bertz CT molecular complexity index is 153. The molecular weight excluding hydrogens is 166 g/mol. The first-order chi connectivity index (χ1) is 6.06. The lowest BCUT2D eigenvalue weighted by atomic mass is 9.89. The zero-order valence-electron chi connectivity index (χ0n) is 8.66. The Kier molecular flexibility index (Phi) is 3.71. The number of aliphatic hydroxyl groups excluding tert-OH is 1. The summed E-state index contributed by atoms with van der Waals surface area (Å²) in [4.78, 5) is 2.20. The molecule has 0 spiro atoms. The van der Waals surface area contributed by atoms with Gasteiger partial charge in [-0.3, -0.25) is 4.90 Å². The van der Waals surface area contributed by atoms with Gasteiger partial charge in [0.15, 0.2) is 0 Å². The van der Waals surface area contributed by atoms with Crippen molar-refractivity contribution in [1.29, 1.82) is 0 Å². The fraction of sp³-hybridized carbons (Fsp3) is 1.00. The molecule has 0 bridgehead atoms. The molecule has 13 heavy (non-hydrogen) atoms. The Hall–Kier alpha value is -0.120. The van der Waals surface area contributed by atoms with E-state index >= 15 is 0 Å². The third kappa shape index (κ3) is 3.25. The van der Waals surface area contributed by atoms with E-state index < -0.39 is 5.60 Å². The highest BCUT2D eigenvalue weighted by Gasteiger charge is 2.39. The Morgan fingerprint density at radius 3 is 2.54 bits per heavy atom. The average Bonchev–Trinajstić information content (AvgIpc) is 1.97. The lowest BCUT2D eigenvalue weighted by Gasteiger charge is -2.46. The van der Waals surface area contributed by atoms with Crippen molar-refractivity contribution in [2.75, 3.05) is 19.6 Å². The Labute approximate surface area is 80.4 Å². The molecule has 1 rings (SSSR count). The summed E-state index contributed by atoms with van der Waals surface area (Å²) in [6.45, 7) is 6.37. The maximum atomic E-state index is 9.84. The van der Waals surface area contributed by atoms with Crippen LogP contribution in [-0.4, -0.2) is 46.5 Å². The fourth-order valence-corrected chi connectivity index (χ4v) is 1.94. The molecule has 1 aliphatic heterocycles. The highest BCUT2D eigenvalue weighted by molar-refractivity contribution is 4.94. The summed E-state index contributed by atoms with van der Waals surface area (Å²) in [6.07, 6.45) is 2.53. The van der Waals surface area contributed by atoms with Gasteiger partial charge < -0.3 is 10.2 Å². The predicted molar refractivity (Wildman–Crippen MR) is 52.6 cm³/mol. The van der Waals surface area contributed by atoms with E-state index in [1.54, 1.807) is 6.92 Å². The van der Waals surface area contributed by atoms with Crippen LogP contribution in [0.3, 0.4) is 0 Å². The van der Waals surface area contributed by atoms with Gasteiger partial charge in [0.25, 0.3) is 0 Å². The monoisotopic (exact) mass is 187 g/mol. The standard InChI is InChI=1S/C10H21NO2/c1-3-5-10(13)7-11(8-10)6-4-9(2)12/h9,12-13H,3-8H2,1-2H3. The van der Waals surface area contributed by atoms with Crippen LogP contribution in [0.1, 0.15) is 33.1 Å². The number of β-amino-alcohol motifs (C(OH)–C–C–N with tert-alkyl or cyclic N) is 1. The van der Waals surface area contributed by atoms with Crippen LogP contribution < -0.4 is 0 Å². The molecule has 1 saturated heterocycles. The van der Waals surface area contributed by atoms with E-state index in [1.165, 1.54) is 0 Å². The van der Waals surface area contributed by atoms with Crippen LogP contribution in [0.5, 0.6) is 0 Å². The van der Waals surface area contributed by atoms with E-state index in [4.69, 9.17) is 5.11 Å². The summed E-state index contributed by atoms with van der Waals surface area (Å²) in [6, 6.07) is 0. The molecule has 0 radical (unpaired) electrons. The van der Waals surface area contributed by atoms with Crippen LogP contribution in [0.4, 0.5) is 0 Å². The SMILES string of the molecule is CCCC1(O)CN(CCC(C)O)C1. The topological polar surface area (TPSA) is 43.7 Å². The number of likely N-dealkylation sites (tertiary alicyclic amines) is 1. The third-order valence-corrected chi connectivity index (χ3v) is 2.61. The summed E-state index contributed by atoms with van der Waals surface area (Å²) in [5.74, 6) is 0. The average molecular weight is 187 g/mol. The maximum absolute atomic E-state index is 9.84. The van der Waals surface area contributed by atoms with E-state index in [-0.39, 0.29) is 6.10 Å². The van der Waals surface area contributed by atoms with Gasteiger partial charge in [-0.15, -0.1) is 0 Å². The molecule has 1 unspecified atom stereocenters. The number of hydrogen-bond donors (Lipinski definition) is 2. The first kappa shape index (κ1) is 11.0.